The smallest absolute Gasteiger partial charge is 0.338 e. The van der Waals surface area contributed by atoms with Gasteiger partial charge in [-0.2, -0.15) is 0 Å². The maximum absolute atomic E-state index is 14.2. The Hall–Kier alpha value is -4.04. The van der Waals surface area contributed by atoms with Crippen LogP contribution in [0.1, 0.15) is 57.4 Å². The summed E-state index contributed by atoms with van der Waals surface area (Å²) in [5, 5.41) is 0. The van der Waals surface area contributed by atoms with E-state index < -0.39 is 12.0 Å². The highest BCUT2D eigenvalue weighted by molar-refractivity contribution is 7.07. The minimum atomic E-state index is -0.736. The fourth-order valence-corrected chi connectivity index (χ4v) is 6.27. The Bertz CT molecular complexity index is 1720. The average molecular weight is 542 g/mol. The topological polar surface area (TPSA) is 81.0 Å². The number of para-hydroxylation sites is 1. The van der Waals surface area contributed by atoms with Gasteiger partial charge < -0.3 is 9.64 Å². The maximum atomic E-state index is 14.2. The number of fused-ring (bicyclic) bond motifs is 2. The molecule has 0 radical (unpaired) electrons. The van der Waals surface area contributed by atoms with Crippen LogP contribution in [0.3, 0.4) is 0 Å². The van der Waals surface area contributed by atoms with E-state index in [4.69, 9.17) is 4.74 Å². The van der Waals surface area contributed by atoms with E-state index in [2.05, 4.69) is 32.3 Å². The molecule has 7 nitrogen and oxygen atoms in total. The molecule has 3 heterocycles. The number of hydrogen-bond donors (Lipinski definition) is 0. The number of ether oxygens (including phenoxy) is 1. The van der Waals surface area contributed by atoms with Crippen molar-refractivity contribution < 1.29 is 14.3 Å². The van der Waals surface area contributed by atoms with Crippen molar-refractivity contribution in [1.82, 2.24) is 4.57 Å². The minimum absolute atomic E-state index is 0.0577. The number of allylic oxidation sites excluding steroid dienone is 1. The fourth-order valence-electron chi connectivity index (χ4n) is 5.13. The van der Waals surface area contributed by atoms with Crippen LogP contribution in [0, 0.1) is 0 Å². The molecule has 0 saturated heterocycles. The first-order chi connectivity index (χ1) is 18.6. The first-order valence-electron chi connectivity index (χ1n) is 12.9. The van der Waals surface area contributed by atoms with Gasteiger partial charge in [-0.15, -0.1) is 6.58 Å². The molecule has 39 heavy (non-hydrogen) atoms. The molecule has 0 fully saturated rings. The van der Waals surface area contributed by atoms with Crippen molar-refractivity contribution in [3.8, 4) is 0 Å². The van der Waals surface area contributed by atoms with Crippen molar-refractivity contribution in [3.05, 3.63) is 109 Å². The number of thiazole rings is 1. The van der Waals surface area contributed by atoms with E-state index in [-0.39, 0.29) is 23.5 Å². The second-order valence-electron chi connectivity index (χ2n) is 10.6. The summed E-state index contributed by atoms with van der Waals surface area (Å²) in [5.74, 6) is -0.769. The lowest BCUT2D eigenvalue weighted by atomic mass is 9.85. The van der Waals surface area contributed by atoms with Crippen LogP contribution in [0.25, 0.3) is 5.57 Å². The zero-order valence-electron chi connectivity index (χ0n) is 22.8. The third kappa shape index (κ3) is 4.38. The Labute approximate surface area is 231 Å². The molecule has 1 atom stereocenters. The number of hydrogen-bond acceptors (Lipinski definition) is 6. The van der Waals surface area contributed by atoms with Gasteiger partial charge in [0.15, 0.2) is 4.80 Å². The second-order valence-corrected chi connectivity index (χ2v) is 11.6. The largest absolute Gasteiger partial charge is 0.463 e. The quantitative estimate of drug-likeness (QED) is 0.361. The number of carbonyl (C=O) groups is 2. The molecule has 2 aliphatic rings. The van der Waals surface area contributed by atoms with Crippen LogP contribution in [0.15, 0.2) is 82.2 Å². The summed E-state index contributed by atoms with van der Waals surface area (Å²) < 4.78 is 7.23. The first-order valence-corrected chi connectivity index (χ1v) is 13.7. The SMILES string of the molecule is C=CCN1C(=O)/C(=c2\sc3n(c2=O)C(c2ccc(C(C)(C)C)cc2)C(C(=O)OCC)=C(C)N=3)c2ccccc21. The van der Waals surface area contributed by atoms with E-state index in [0.717, 1.165) is 16.8 Å². The van der Waals surface area contributed by atoms with Crippen LogP contribution in [0.2, 0.25) is 0 Å². The zero-order valence-corrected chi connectivity index (χ0v) is 23.6. The highest BCUT2D eigenvalue weighted by Gasteiger charge is 2.37. The van der Waals surface area contributed by atoms with Gasteiger partial charge in [0.1, 0.15) is 4.53 Å². The van der Waals surface area contributed by atoms with Gasteiger partial charge in [0.25, 0.3) is 11.5 Å². The van der Waals surface area contributed by atoms with Crippen LogP contribution in [0.5, 0.6) is 0 Å². The van der Waals surface area contributed by atoms with Gasteiger partial charge in [-0.3, -0.25) is 14.2 Å². The van der Waals surface area contributed by atoms with E-state index >= 15 is 0 Å². The number of amides is 1. The van der Waals surface area contributed by atoms with Crippen LogP contribution in [-0.4, -0.2) is 29.6 Å². The normalized spacial score (nSPS) is 18.0. The molecule has 0 saturated carbocycles. The molecule has 3 aromatic rings. The highest BCUT2D eigenvalue weighted by Crippen LogP contribution is 2.36. The van der Waals surface area contributed by atoms with Gasteiger partial charge >= 0.3 is 5.97 Å². The minimum Gasteiger partial charge on any atom is -0.463 e. The number of carbonyl (C=O) groups excluding carboxylic acids is 2. The van der Waals surface area contributed by atoms with Crippen molar-refractivity contribution in [3.63, 3.8) is 0 Å². The molecule has 8 heteroatoms. The van der Waals surface area contributed by atoms with E-state index in [1.165, 1.54) is 15.9 Å². The van der Waals surface area contributed by atoms with E-state index in [1.807, 2.05) is 48.5 Å². The molecule has 1 amide bonds. The van der Waals surface area contributed by atoms with Crippen molar-refractivity contribution in [1.29, 1.82) is 0 Å². The standard InChI is InChI=1S/C31H31N3O4S/c1-7-17-33-22-12-10-9-11-21(22)24(27(33)35)26-28(36)34-25(19-13-15-20(16-14-19)31(4,5)6)23(29(37)38-8-2)18(3)32-30(34)39-26/h7,9-16,25H,1,8,17H2,2-6H3/b26-24-. The molecule has 1 unspecified atom stereocenters. The van der Waals surface area contributed by atoms with Crippen molar-refractivity contribution in [2.75, 3.05) is 18.1 Å². The van der Waals surface area contributed by atoms with E-state index in [9.17, 15) is 14.4 Å². The third-order valence-electron chi connectivity index (χ3n) is 7.05. The van der Waals surface area contributed by atoms with Crippen molar-refractivity contribution in [2.24, 2.45) is 4.99 Å². The molecule has 0 bridgehead atoms. The molecule has 1 aromatic heterocycles. The molecular formula is C31H31N3O4S. The number of nitrogens with zero attached hydrogens (tertiary/aromatic N) is 3. The monoisotopic (exact) mass is 541 g/mol. The predicted octanol–water partition coefficient (Wildman–Crippen LogP) is 4.00. The summed E-state index contributed by atoms with van der Waals surface area (Å²) in [6.45, 7) is 14.2. The molecular weight excluding hydrogens is 510 g/mol. The van der Waals surface area contributed by atoms with Crippen molar-refractivity contribution >= 4 is 34.5 Å². The van der Waals surface area contributed by atoms with Gasteiger partial charge in [-0.05, 0) is 36.5 Å². The summed E-state index contributed by atoms with van der Waals surface area (Å²) in [4.78, 5) is 47.7. The van der Waals surface area contributed by atoms with Gasteiger partial charge in [-0.1, -0.05) is 80.6 Å². The molecule has 5 rings (SSSR count). The zero-order chi connectivity index (χ0) is 28.1. The van der Waals surface area contributed by atoms with Crippen molar-refractivity contribution in [2.45, 2.75) is 46.1 Å². The second kappa shape index (κ2) is 9.93. The summed E-state index contributed by atoms with van der Waals surface area (Å²) in [7, 11) is 0. The summed E-state index contributed by atoms with van der Waals surface area (Å²) >= 11 is 1.17. The molecule has 0 N–H and O–H groups in total. The molecule has 2 aromatic carbocycles. The maximum Gasteiger partial charge on any atom is 0.338 e. The lowest BCUT2D eigenvalue weighted by Gasteiger charge is -2.26. The van der Waals surface area contributed by atoms with Gasteiger partial charge in [0.2, 0.25) is 0 Å². The molecule has 0 aliphatic carbocycles. The lowest BCUT2D eigenvalue weighted by Crippen LogP contribution is -2.41. The Kier molecular flexibility index (Phi) is 6.76. The van der Waals surface area contributed by atoms with Crippen LogP contribution in [0.4, 0.5) is 5.69 Å². The lowest BCUT2D eigenvalue weighted by molar-refractivity contribution is -0.139. The Balaban J connectivity index is 1.79. The predicted molar refractivity (Wildman–Crippen MR) is 153 cm³/mol. The average Bonchev–Trinajstić information content (AvgIpc) is 3.36. The van der Waals surface area contributed by atoms with Gasteiger partial charge in [0, 0.05) is 12.1 Å². The van der Waals surface area contributed by atoms with Gasteiger partial charge in [-0.25, -0.2) is 9.79 Å². The number of aromatic nitrogens is 1. The first kappa shape index (κ1) is 26.6. The third-order valence-corrected chi connectivity index (χ3v) is 8.10. The van der Waals surface area contributed by atoms with Crippen LogP contribution in [-0.2, 0) is 19.7 Å². The Morgan fingerprint density at radius 3 is 2.46 bits per heavy atom. The van der Waals surface area contributed by atoms with Crippen LogP contribution >= 0.6 is 11.3 Å². The summed E-state index contributed by atoms with van der Waals surface area (Å²) in [6, 6.07) is 14.6. The molecule has 200 valence electrons. The molecule has 0 spiro atoms. The summed E-state index contributed by atoms with van der Waals surface area (Å²) in [6.07, 6.45) is 1.66. The number of benzene rings is 2. The number of anilines is 1. The fraction of sp³-hybridized carbons (Fsp3) is 0.290. The highest BCUT2D eigenvalue weighted by atomic mass is 32.1. The molecule has 2 aliphatic heterocycles. The summed E-state index contributed by atoms with van der Waals surface area (Å²) in [5.41, 5.74) is 4.06. The van der Waals surface area contributed by atoms with E-state index in [0.29, 0.717) is 38.3 Å². The van der Waals surface area contributed by atoms with Gasteiger partial charge in [0.05, 0.1) is 35.2 Å². The number of esters is 1. The Morgan fingerprint density at radius 1 is 1.13 bits per heavy atom. The van der Waals surface area contributed by atoms with Crippen LogP contribution < -0.4 is 19.8 Å². The Morgan fingerprint density at radius 2 is 1.82 bits per heavy atom. The van der Waals surface area contributed by atoms with E-state index in [1.54, 1.807) is 24.8 Å². The number of rotatable bonds is 5.